The van der Waals surface area contributed by atoms with Crippen LogP contribution in [0.2, 0.25) is 0 Å². The summed E-state index contributed by atoms with van der Waals surface area (Å²) in [5, 5.41) is 4.12. The van der Waals surface area contributed by atoms with Gasteiger partial charge in [0, 0.05) is 12.2 Å². The van der Waals surface area contributed by atoms with Crippen LogP contribution < -0.4 is 0 Å². The van der Waals surface area contributed by atoms with Crippen molar-refractivity contribution >= 4 is 5.78 Å². The minimum Gasteiger partial charge on any atom is -0.294 e. The molecule has 3 heteroatoms. The Morgan fingerprint density at radius 3 is 2.75 bits per heavy atom. The molecule has 0 fully saturated rings. The van der Waals surface area contributed by atoms with Crippen LogP contribution in [0.3, 0.4) is 0 Å². The Balaban J connectivity index is 2.96. The summed E-state index contributed by atoms with van der Waals surface area (Å²) in [6.45, 7) is 6.48. The van der Waals surface area contributed by atoms with Gasteiger partial charge in [-0.3, -0.25) is 9.48 Å². The second-order valence-corrected chi connectivity index (χ2v) is 2.92. The molecule has 0 spiro atoms. The molecule has 0 atom stereocenters. The third-order valence-corrected chi connectivity index (χ3v) is 1.92. The van der Waals surface area contributed by atoms with E-state index in [1.54, 1.807) is 13.1 Å². The molecule has 1 aromatic heterocycles. The molecule has 1 heterocycles. The lowest BCUT2D eigenvalue weighted by molar-refractivity contribution is 0.101. The van der Waals surface area contributed by atoms with Gasteiger partial charge in [0.2, 0.25) is 0 Å². The summed E-state index contributed by atoms with van der Waals surface area (Å²) in [5.74, 6) is 0.0925. The van der Waals surface area contributed by atoms with E-state index in [2.05, 4.69) is 12.0 Å². The summed E-state index contributed by atoms with van der Waals surface area (Å²) < 4.78 is 1.87. The topological polar surface area (TPSA) is 34.9 Å². The van der Waals surface area contributed by atoms with E-state index in [0.29, 0.717) is 0 Å². The van der Waals surface area contributed by atoms with Gasteiger partial charge in [0.05, 0.1) is 11.8 Å². The molecule has 1 aromatic rings. The number of ketones is 1. The first-order valence-electron chi connectivity index (χ1n) is 4.20. The first kappa shape index (κ1) is 8.97. The van der Waals surface area contributed by atoms with Crippen molar-refractivity contribution in [1.82, 2.24) is 9.78 Å². The summed E-state index contributed by atoms with van der Waals surface area (Å²) >= 11 is 0. The first-order chi connectivity index (χ1) is 5.66. The number of aryl methyl sites for hydroxylation is 1. The van der Waals surface area contributed by atoms with E-state index in [0.717, 1.165) is 24.2 Å². The van der Waals surface area contributed by atoms with E-state index in [9.17, 15) is 4.79 Å². The van der Waals surface area contributed by atoms with Crippen molar-refractivity contribution in [3.05, 3.63) is 17.5 Å². The van der Waals surface area contributed by atoms with Gasteiger partial charge in [-0.1, -0.05) is 6.92 Å². The number of carbonyl (C=O) groups is 1. The minimum absolute atomic E-state index is 0.0925. The highest BCUT2D eigenvalue weighted by Gasteiger charge is 2.08. The summed E-state index contributed by atoms with van der Waals surface area (Å²) in [7, 11) is 0. The van der Waals surface area contributed by atoms with Crippen molar-refractivity contribution in [2.45, 2.75) is 33.7 Å². The quantitative estimate of drug-likeness (QED) is 0.642. The lowest BCUT2D eigenvalue weighted by Crippen LogP contribution is -2.02. The normalized spacial score (nSPS) is 10.2. The highest BCUT2D eigenvalue weighted by Crippen LogP contribution is 2.07. The Morgan fingerprint density at radius 2 is 2.33 bits per heavy atom. The molecule has 12 heavy (non-hydrogen) atoms. The average molecular weight is 166 g/mol. The van der Waals surface area contributed by atoms with Gasteiger partial charge in [-0.2, -0.15) is 5.10 Å². The Kier molecular flexibility index (Phi) is 2.63. The SMILES string of the molecule is CCCn1ncc(C(C)=O)c1C. The zero-order valence-electron chi connectivity index (χ0n) is 7.79. The predicted molar refractivity (Wildman–Crippen MR) is 47.3 cm³/mol. The molecular weight excluding hydrogens is 152 g/mol. The lowest BCUT2D eigenvalue weighted by Gasteiger charge is -2.00. The van der Waals surface area contributed by atoms with Crippen molar-refractivity contribution in [3.63, 3.8) is 0 Å². The molecule has 0 saturated carbocycles. The fourth-order valence-corrected chi connectivity index (χ4v) is 1.23. The number of carbonyl (C=O) groups excluding carboxylic acids is 1. The van der Waals surface area contributed by atoms with Crippen molar-refractivity contribution in [3.8, 4) is 0 Å². The Hall–Kier alpha value is -1.12. The van der Waals surface area contributed by atoms with Crippen LogP contribution in [0.4, 0.5) is 0 Å². The van der Waals surface area contributed by atoms with E-state index in [-0.39, 0.29) is 5.78 Å². The number of nitrogens with zero attached hydrogens (tertiary/aromatic N) is 2. The molecule has 0 aliphatic carbocycles. The van der Waals surface area contributed by atoms with Crippen LogP contribution in [0.15, 0.2) is 6.20 Å². The number of rotatable bonds is 3. The number of hydrogen-bond donors (Lipinski definition) is 0. The van der Waals surface area contributed by atoms with Gasteiger partial charge in [0.15, 0.2) is 5.78 Å². The minimum atomic E-state index is 0.0925. The summed E-state index contributed by atoms with van der Waals surface area (Å²) in [5.41, 5.74) is 1.72. The molecule has 0 aromatic carbocycles. The number of hydrogen-bond acceptors (Lipinski definition) is 2. The maximum Gasteiger partial charge on any atom is 0.163 e. The standard InChI is InChI=1S/C9H14N2O/c1-4-5-11-7(2)9(6-10-11)8(3)12/h6H,4-5H2,1-3H3. The van der Waals surface area contributed by atoms with E-state index < -0.39 is 0 Å². The molecule has 0 bridgehead atoms. The lowest BCUT2D eigenvalue weighted by atomic mass is 10.2. The highest BCUT2D eigenvalue weighted by atomic mass is 16.1. The molecular formula is C9H14N2O. The summed E-state index contributed by atoms with van der Waals surface area (Å²) in [6, 6.07) is 0. The fourth-order valence-electron chi connectivity index (χ4n) is 1.23. The van der Waals surface area contributed by atoms with Crippen molar-refractivity contribution < 1.29 is 4.79 Å². The molecule has 0 saturated heterocycles. The molecule has 0 radical (unpaired) electrons. The molecule has 0 amide bonds. The second-order valence-electron chi connectivity index (χ2n) is 2.92. The van der Waals surface area contributed by atoms with Gasteiger partial charge in [-0.15, -0.1) is 0 Å². The van der Waals surface area contributed by atoms with Gasteiger partial charge < -0.3 is 0 Å². The van der Waals surface area contributed by atoms with Gasteiger partial charge in [0.25, 0.3) is 0 Å². The van der Waals surface area contributed by atoms with Crippen LogP contribution >= 0.6 is 0 Å². The van der Waals surface area contributed by atoms with Gasteiger partial charge in [-0.25, -0.2) is 0 Å². The van der Waals surface area contributed by atoms with E-state index in [4.69, 9.17) is 0 Å². The van der Waals surface area contributed by atoms with Gasteiger partial charge in [-0.05, 0) is 20.3 Å². The van der Waals surface area contributed by atoms with Crippen LogP contribution in [0.1, 0.15) is 36.3 Å². The van der Waals surface area contributed by atoms with Crippen LogP contribution in [-0.2, 0) is 6.54 Å². The monoisotopic (exact) mass is 166 g/mol. The Bertz CT molecular complexity index is 289. The molecule has 0 unspecified atom stereocenters. The maximum atomic E-state index is 11.0. The highest BCUT2D eigenvalue weighted by molar-refractivity contribution is 5.94. The third kappa shape index (κ3) is 1.55. The van der Waals surface area contributed by atoms with Crippen LogP contribution in [-0.4, -0.2) is 15.6 Å². The Morgan fingerprint density at radius 1 is 1.67 bits per heavy atom. The third-order valence-electron chi connectivity index (χ3n) is 1.92. The molecule has 3 nitrogen and oxygen atoms in total. The smallest absolute Gasteiger partial charge is 0.163 e. The molecule has 0 N–H and O–H groups in total. The maximum absolute atomic E-state index is 11.0. The van der Waals surface area contributed by atoms with E-state index in [1.807, 2.05) is 11.6 Å². The van der Waals surface area contributed by atoms with Crippen molar-refractivity contribution in [2.75, 3.05) is 0 Å². The molecule has 66 valence electrons. The first-order valence-corrected chi connectivity index (χ1v) is 4.20. The largest absolute Gasteiger partial charge is 0.294 e. The zero-order valence-corrected chi connectivity index (χ0v) is 7.79. The molecule has 0 aliphatic heterocycles. The van der Waals surface area contributed by atoms with Crippen molar-refractivity contribution in [2.24, 2.45) is 0 Å². The average Bonchev–Trinajstić information content (AvgIpc) is 2.34. The second kappa shape index (κ2) is 3.52. The molecule has 0 aliphatic rings. The van der Waals surface area contributed by atoms with Crippen molar-refractivity contribution in [1.29, 1.82) is 0 Å². The van der Waals surface area contributed by atoms with Crippen LogP contribution in [0.5, 0.6) is 0 Å². The Labute approximate surface area is 72.4 Å². The van der Waals surface area contributed by atoms with E-state index in [1.165, 1.54) is 0 Å². The van der Waals surface area contributed by atoms with Gasteiger partial charge in [0.1, 0.15) is 0 Å². The summed E-state index contributed by atoms with van der Waals surface area (Å²) in [4.78, 5) is 11.0. The van der Waals surface area contributed by atoms with Gasteiger partial charge >= 0.3 is 0 Å². The van der Waals surface area contributed by atoms with E-state index >= 15 is 0 Å². The number of Topliss-reactive ketones (excluding diaryl/α,β-unsaturated/α-hetero) is 1. The fraction of sp³-hybridized carbons (Fsp3) is 0.556. The molecule has 1 rings (SSSR count). The van der Waals surface area contributed by atoms with Crippen LogP contribution in [0.25, 0.3) is 0 Å². The summed E-state index contributed by atoms with van der Waals surface area (Å²) in [6.07, 6.45) is 2.69. The predicted octanol–water partition coefficient (Wildman–Crippen LogP) is 1.80. The zero-order chi connectivity index (χ0) is 9.14. The number of aromatic nitrogens is 2. The van der Waals surface area contributed by atoms with Crippen LogP contribution in [0, 0.1) is 6.92 Å².